The molecule has 6 nitrogen and oxygen atoms in total. The van der Waals surface area contributed by atoms with Crippen LogP contribution in [0.1, 0.15) is 31.0 Å². The van der Waals surface area contributed by atoms with Gasteiger partial charge in [-0.2, -0.15) is 0 Å². The first kappa shape index (κ1) is 21.9. The smallest absolute Gasteiger partial charge is 0.244 e. The molecule has 0 bridgehead atoms. The van der Waals surface area contributed by atoms with Gasteiger partial charge in [0.1, 0.15) is 11.9 Å². The van der Waals surface area contributed by atoms with Crippen molar-refractivity contribution in [1.82, 2.24) is 10.6 Å². The Labute approximate surface area is 169 Å². The Morgan fingerprint density at radius 3 is 2.24 bits per heavy atom. The van der Waals surface area contributed by atoms with E-state index in [4.69, 9.17) is 9.47 Å². The van der Waals surface area contributed by atoms with Crippen LogP contribution in [0.5, 0.6) is 11.5 Å². The number of carbonyl (C=O) groups is 2. The first-order valence-corrected chi connectivity index (χ1v) is 9.11. The average molecular weight is 400 g/mol. The number of rotatable bonds is 8. The van der Waals surface area contributed by atoms with E-state index in [1.807, 2.05) is 30.3 Å². The Bertz CT molecular complexity index is 884. The number of benzene rings is 2. The zero-order valence-electron chi connectivity index (χ0n) is 16.9. The second-order valence-corrected chi connectivity index (χ2v) is 6.43. The summed E-state index contributed by atoms with van der Waals surface area (Å²) in [6.45, 7) is 3.20. The minimum Gasteiger partial charge on any atom is -0.493 e. The third-order valence-corrected chi connectivity index (χ3v) is 4.31. The first-order chi connectivity index (χ1) is 13.8. The fourth-order valence-electron chi connectivity index (χ4n) is 2.68. The first-order valence-electron chi connectivity index (χ1n) is 9.11. The van der Waals surface area contributed by atoms with E-state index < -0.39 is 29.7 Å². The number of hydrogen-bond donors (Lipinski definition) is 2. The van der Waals surface area contributed by atoms with Crippen molar-refractivity contribution >= 4 is 17.9 Å². The van der Waals surface area contributed by atoms with Crippen molar-refractivity contribution in [3.8, 4) is 11.5 Å². The van der Waals surface area contributed by atoms with Crippen molar-refractivity contribution in [3.05, 3.63) is 65.5 Å². The van der Waals surface area contributed by atoms with Crippen LogP contribution in [0.25, 0.3) is 6.08 Å². The summed E-state index contributed by atoms with van der Waals surface area (Å²) in [5, 5.41) is 5.28. The predicted molar refractivity (Wildman–Crippen MR) is 109 cm³/mol. The lowest BCUT2D eigenvalue weighted by atomic mass is 10.1. The molecule has 29 heavy (non-hydrogen) atoms. The van der Waals surface area contributed by atoms with Gasteiger partial charge in [-0.25, -0.2) is 4.39 Å². The fourth-order valence-corrected chi connectivity index (χ4v) is 2.68. The van der Waals surface area contributed by atoms with Gasteiger partial charge in [0.25, 0.3) is 0 Å². The second-order valence-electron chi connectivity index (χ2n) is 6.43. The van der Waals surface area contributed by atoms with E-state index in [-0.39, 0.29) is 11.3 Å². The minimum absolute atomic E-state index is 0.249. The second kappa shape index (κ2) is 10.3. The van der Waals surface area contributed by atoms with Crippen LogP contribution in [0.3, 0.4) is 0 Å². The Hall–Kier alpha value is -3.35. The molecule has 2 atom stereocenters. The van der Waals surface area contributed by atoms with Gasteiger partial charge in [-0.15, -0.1) is 0 Å². The molecule has 2 unspecified atom stereocenters. The maximum absolute atomic E-state index is 14.4. The summed E-state index contributed by atoms with van der Waals surface area (Å²) >= 11 is 0. The molecular formula is C22H25FN2O4. The van der Waals surface area contributed by atoms with Crippen molar-refractivity contribution in [2.45, 2.75) is 25.9 Å². The summed E-state index contributed by atoms with van der Waals surface area (Å²) in [6.07, 6.45) is 3.01. The van der Waals surface area contributed by atoms with E-state index in [9.17, 15) is 14.0 Å². The molecule has 2 N–H and O–H groups in total. The number of amides is 2. The van der Waals surface area contributed by atoms with Gasteiger partial charge < -0.3 is 20.1 Å². The topological polar surface area (TPSA) is 76.7 Å². The predicted octanol–water partition coefficient (Wildman–Crippen LogP) is 3.24. The maximum Gasteiger partial charge on any atom is 0.244 e. The van der Waals surface area contributed by atoms with Gasteiger partial charge in [-0.1, -0.05) is 30.3 Å². The summed E-state index contributed by atoms with van der Waals surface area (Å²) < 4.78 is 24.6. The van der Waals surface area contributed by atoms with Crippen LogP contribution in [0.4, 0.5) is 4.39 Å². The van der Waals surface area contributed by atoms with Crippen LogP contribution in [0.15, 0.2) is 48.5 Å². The summed E-state index contributed by atoms with van der Waals surface area (Å²) in [5.74, 6) is -0.747. The molecule has 0 fully saturated rings. The quantitative estimate of drug-likeness (QED) is 0.667. The number of methoxy groups -OCH3 is 2. The third-order valence-electron chi connectivity index (χ3n) is 4.31. The molecule has 2 aromatic rings. The highest BCUT2D eigenvalue weighted by Crippen LogP contribution is 2.32. The number of hydrogen-bond acceptors (Lipinski definition) is 4. The molecule has 0 radical (unpaired) electrons. The molecule has 0 spiro atoms. The normalized spacial score (nSPS) is 12.9. The molecule has 0 aliphatic heterocycles. The Kier molecular flexibility index (Phi) is 7.77. The van der Waals surface area contributed by atoms with Gasteiger partial charge in [-0.3, -0.25) is 9.59 Å². The molecule has 7 heteroatoms. The molecule has 0 saturated heterocycles. The zero-order chi connectivity index (χ0) is 21.4. The summed E-state index contributed by atoms with van der Waals surface area (Å²) in [7, 11) is 2.86. The van der Waals surface area contributed by atoms with Crippen LogP contribution in [0, 0.1) is 5.82 Å². The monoisotopic (exact) mass is 400 g/mol. The van der Waals surface area contributed by atoms with Crippen molar-refractivity contribution in [2.24, 2.45) is 0 Å². The lowest BCUT2D eigenvalue weighted by Crippen LogP contribution is -2.45. The van der Waals surface area contributed by atoms with Crippen LogP contribution >= 0.6 is 0 Å². The largest absolute Gasteiger partial charge is 0.493 e. The third kappa shape index (κ3) is 6.07. The SMILES string of the molecule is COc1cc(F)c(C(C)NC(=O)C(C)NC(=O)/C=C/c2ccccc2)cc1OC. The summed E-state index contributed by atoms with van der Waals surface area (Å²) in [5.41, 5.74) is 1.12. The molecule has 0 aliphatic rings. The van der Waals surface area contributed by atoms with E-state index in [0.29, 0.717) is 5.75 Å². The van der Waals surface area contributed by atoms with Crippen LogP contribution < -0.4 is 20.1 Å². The van der Waals surface area contributed by atoms with Gasteiger partial charge in [0.05, 0.1) is 20.3 Å². The lowest BCUT2D eigenvalue weighted by molar-refractivity contribution is -0.127. The van der Waals surface area contributed by atoms with E-state index in [1.165, 1.54) is 32.4 Å². The average Bonchev–Trinajstić information content (AvgIpc) is 2.72. The van der Waals surface area contributed by atoms with Gasteiger partial charge >= 0.3 is 0 Å². The highest BCUT2D eigenvalue weighted by molar-refractivity contribution is 5.95. The van der Waals surface area contributed by atoms with Crippen LogP contribution in [-0.4, -0.2) is 32.1 Å². The Morgan fingerprint density at radius 1 is 1.00 bits per heavy atom. The van der Waals surface area contributed by atoms with Crippen molar-refractivity contribution in [1.29, 1.82) is 0 Å². The zero-order valence-corrected chi connectivity index (χ0v) is 16.9. The molecule has 154 valence electrons. The highest BCUT2D eigenvalue weighted by Gasteiger charge is 2.21. The lowest BCUT2D eigenvalue weighted by Gasteiger charge is -2.20. The molecule has 2 rings (SSSR count). The van der Waals surface area contributed by atoms with Crippen molar-refractivity contribution in [3.63, 3.8) is 0 Å². The van der Waals surface area contributed by atoms with Crippen molar-refractivity contribution in [2.75, 3.05) is 14.2 Å². The minimum atomic E-state index is -0.798. The number of carbonyl (C=O) groups excluding carboxylic acids is 2. The number of halogens is 1. The molecule has 0 heterocycles. The maximum atomic E-state index is 14.4. The van der Waals surface area contributed by atoms with Gasteiger partial charge in [0, 0.05) is 17.7 Å². The molecule has 0 aromatic heterocycles. The van der Waals surface area contributed by atoms with Crippen LogP contribution in [0.2, 0.25) is 0 Å². The van der Waals surface area contributed by atoms with Crippen molar-refractivity contribution < 1.29 is 23.5 Å². The Morgan fingerprint density at radius 2 is 1.62 bits per heavy atom. The molecule has 0 aliphatic carbocycles. The Balaban J connectivity index is 1.98. The fraction of sp³-hybridized carbons (Fsp3) is 0.273. The standard InChI is InChI=1S/C22H25FN2O4/c1-14(17-12-19(28-3)20(29-4)13-18(17)23)25-22(27)15(2)24-21(26)11-10-16-8-6-5-7-9-16/h5-15H,1-4H3,(H,24,26)(H,25,27)/b11-10+. The van der Waals surface area contributed by atoms with Gasteiger partial charge in [0.15, 0.2) is 11.5 Å². The van der Waals surface area contributed by atoms with E-state index >= 15 is 0 Å². The van der Waals surface area contributed by atoms with E-state index in [1.54, 1.807) is 19.9 Å². The molecule has 0 saturated carbocycles. The van der Waals surface area contributed by atoms with Crippen LogP contribution in [-0.2, 0) is 9.59 Å². The van der Waals surface area contributed by atoms with E-state index in [0.717, 1.165) is 5.56 Å². The molecule has 2 amide bonds. The van der Waals surface area contributed by atoms with Gasteiger partial charge in [-0.05, 0) is 31.6 Å². The summed E-state index contributed by atoms with van der Waals surface area (Å²) in [4.78, 5) is 24.4. The summed E-state index contributed by atoms with van der Waals surface area (Å²) in [6, 6.07) is 10.6. The van der Waals surface area contributed by atoms with E-state index in [2.05, 4.69) is 10.6 Å². The molecule has 2 aromatic carbocycles. The number of ether oxygens (including phenoxy) is 2. The molecular weight excluding hydrogens is 375 g/mol. The highest BCUT2D eigenvalue weighted by atomic mass is 19.1. The number of nitrogens with one attached hydrogen (secondary N) is 2. The van der Waals surface area contributed by atoms with Gasteiger partial charge in [0.2, 0.25) is 11.8 Å².